The number of amides is 2. The van der Waals surface area contributed by atoms with Crippen LogP contribution in [0.5, 0.6) is 11.5 Å². The van der Waals surface area contributed by atoms with Crippen molar-refractivity contribution in [3.8, 4) is 11.5 Å². The Kier molecular flexibility index (Phi) is 3.96. The summed E-state index contributed by atoms with van der Waals surface area (Å²) >= 11 is 5.78. The molecule has 0 aromatic heterocycles. The highest BCUT2D eigenvalue weighted by molar-refractivity contribution is 6.31. The first-order chi connectivity index (χ1) is 7.54. The number of carbonyl (C=O) groups is 1. The Bertz CT molecular complexity index is 434. The molecule has 0 unspecified atom stereocenters. The highest BCUT2D eigenvalue weighted by Gasteiger charge is 2.08. The van der Waals surface area contributed by atoms with Crippen LogP contribution < -0.4 is 15.9 Å². The minimum Gasteiger partial charge on any atom is -0.504 e. The number of nitrogens with one attached hydrogen (secondary N) is 1. The van der Waals surface area contributed by atoms with Crippen LogP contribution in [-0.4, -0.2) is 24.5 Å². The summed E-state index contributed by atoms with van der Waals surface area (Å²) in [6, 6.07) is 2.12. The first-order valence-electron chi connectivity index (χ1n) is 4.19. The van der Waals surface area contributed by atoms with Crippen LogP contribution in [0.15, 0.2) is 17.2 Å². The number of urea groups is 1. The largest absolute Gasteiger partial charge is 0.504 e. The SMILES string of the molecule is COc1cc(Cl)cc(C=NNC(N)=O)c1O. The molecule has 0 saturated carbocycles. The van der Waals surface area contributed by atoms with Crippen molar-refractivity contribution >= 4 is 23.8 Å². The molecular weight excluding hydrogens is 234 g/mol. The number of hydrogen-bond acceptors (Lipinski definition) is 4. The van der Waals surface area contributed by atoms with Crippen LogP contribution in [0.3, 0.4) is 0 Å². The summed E-state index contributed by atoms with van der Waals surface area (Å²) in [5, 5.41) is 13.5. The second-order valence-electron chi connectivity index (χ2n) is 2.78. The maximum atomic E-state index is 10.3. The van der Waals surface area contributed by atoms with Crippen molar-refractivity contribution in [2.45, 2.75) is 0 Å². The number of ether oxygens (including phenoxy) is 1. The summed E-state index contributed by atoms with van der Waals surface area (Å²) in [4.78, 5) is 10.3. The third kappa shape index (κ3) is 3.03. The molecule has 6 nitrogen and oxygen atoms in total. The molecule has 4 N–H and O–H groups in total. The first-order valence-corrected chi connectivity index (χ1v) is 4.57. The summed E-state index contributed by atoms with van der Waals surface area (Å²) in [6.45, 7) is 0. The van der Waals surface area contributed by atoms with Crippen LogP contribution in [0.1, 0.15) is 5.56 Å². The smallest absolute Gasteiger partial charge is 0.332 e. The lowest BCUT2D eigenvalue weighted by Crippen LogP contribution is -2.24. The molecule has 7 heteroatoms. The lowest BCUT2D eigenvalue weighted by atomic mass is 10.2. The van der Waals surface area contributed by atoms with Crippen LogP contribution >= 0.6 is 11.6 Å². The number of primary amides is 1. The van der Waals surface area contributed by atoms with Crippen molar-refractivity contribution in [3.05, 3.63) is 22.7 Å². The van der Waals surface area contributed by atoms with Crippen molar-refractivity contribution in [1.82, 2.24) is 5.43 Å². The van der Waals surface area contributed by atoms with Gasteiger partial charge in [-0.15, -0.1) is 0 Å². The Balaban J connectivity index is 2.99. The van der Waals surface area contributed by atoms with E-state index in [1.54, 1.807) is 0 Å². The first kappa shape index (κ1) is 12.1. The number of nitrogens with two attached hydrogens (primary N) is 1. The number of rotatable bonds is 3. The number of carbonyl (C=O) groups excluding carboxylic acids is 1. The topological polar surface area (TPSA) is 96.9 Å². The van der Waals surface area contributed by atoms with Crippen LogP contribution in [-0.2, 0) is 0 Å². The average molecular weight is 244 g/mol. The minimum absolute atomic E-state index is 0.123. The molecule has 1 aromatic rings. The van der Waals surface area contributed by atoms with E-state index in [9.17, 15) is 9.90 Å². The third-order valence-electron chi connectivity index (χ3n) is 1.67. The van der Waals surface area contributed by atoms with Gasteiger partial charge in [-0.1, -0.05) is 11.6 Å². The summed E-state index contributed by atoms with van der Waals surface area (Å²) in [5.74, 6) is 0.0925. The lowest BCUT2D eigenvalue weighted by Gasteiger charge is -2.06. The molecule has 1 aromatic carbocycles. The van der Waals surface area contributed by atoms with Gasteiger partial charge >= 0.3 is 6.03 Å². The quantitative estimate of drug-likeness (QED) is 0.547. The Labute approximate surface area is 96.7 Å². The van der Waals surface area contributed by atoms with Crippen molar-refractivity contribution in [3.63, 3.8) is 0 Å². The Morgan fingerprint density at radius 3 is 2.94 bits per heavy atom. The molecule has 0 aliphatic heterocycles. The Hall–Kier alpha value is -1.95. The van der Waals surface area contributed by atoms with Gasteiger partial charge in [-0.2, -0.15) is 5.10 Å². The molecule has 1 rings (SSSR count). The zero-order valence-corrected chi connectivity index (χ0v) is 9.15. The molecular formula is C9H10ClN3O3. The van der Waals surface area contributed by atoms with Gasteiger partial charge in [-0.3, -0.25) is 0 Å². The van der Waals surface area contributed by atoms with Gasteiger partial charge in [0, 0.05) is 16.7 Å². The van der Waals surface area contributed by atoms with Crippen molar-refractivity contribution in [2.24, 2.45) is 10.8 Å². The maximum absolute atomic E-state index is 10.3. The van der Waals surface area contributed by atoms with E-state index >= 15 is 0 Å². The number of methoxy groups -OCH3 is 1. The number of nitrogens with zero attached hydrogens (tertiary/aromatic N) is 1. The zero-order valence-electron chi connectivity index (χ0n) is 8.40. The van der Waals surface area contributed by atoms with E-state index in [0.29, 0.717) is 10.6 Å². The Morgan fingerprint density at radius 2 is 2.38 bits per heavy atom. The highest BCUT2D eigenvalue weighted by atomic mass is 35.5. The number of hydrazone groups is 1. The normalized spacial score (nSPS) is 10.4. The fourth-order valence-electron chi connectivity index (χ4n) is 1.01. The van der Waals surface area contributed by atoms with Crippen LogP contribution in [0, 0.1) is 0 Å². The van der Waals surface area contributed by atoms with Gasteiger partial charge in [-0.25, -0.2) is 10.2 Å². The maximum Gasteiger partial charge on any atom is 0.332 e. The molecule has 0 aliphatic carbocycles. The number of hydrogen-bond donors (Lipinski definition) is 3. The molecule has 0 fully saturated rings. The van der Waals surface area contributed by atoms with Crippen molar-refractivity contribution < 1.29 is 14.6 Å². The molecule has 0 aliphatic rings. The third-order valence-corrected chi connectivity index (χ3v) is 1.89. The van der Waals surface area contributed by atoms with Crippen molar-refractivity contribution in [1.29, 1.82) is 0 Å². The van der Waals surface area contributed by atoms with Crippen LogP contribution in [0.4, 0.5) is 4.79 Å². The monoisotopic (exact) mass is 243 g/mol. The molecule has 0 heterocycles. The molecule has 0 radical (unpaired) electrons. The van der Waals surface area contributed by atoms with Crippen LogP contribution in [0.2, 0.25) is 5.02 Å². The average Bonchev–Trinajstić information content (AvgIpc) is 2.22. The lowest BCUT2D eigenvalue weighted by molar-refractivity contribution is 0.249. The van der Waals surface area contributed by atoms with E-state index in [-0.39, 0.29) is 11.5 Å². The molecule has 0 saturated heterocycles. The minimum atomic E-state index is -0.801. The predicted octanol–water partition coefficient (Wildman–Crippen LogP) is 1.06. The van der Waals surface area contributed by atoms with Gasteiger partial charge in [0.15, 0.2) is 11.5 Å². The van der Waals surface area contributed by atoms with Gasteiger partial charge in [0.05, 0.1) is 13.3 Å². The number of phenols is 1. The van der Waals surface area contributed by atoms with E-state index in [4.69, 9.17) is 22.1 Å². The predicted molar refractivity (Wildman–Crippen MR) is 60.0 cm³/mol. The fraction of sp³-hybridized carbons (Fsp3) is 0.111. The second-order valence-corrected chi connectivity index (χ2v) is 3.22. The fourth-order valence-corrected chi connectivity index (χ4v) is 1.23. The van der Waals surface area contributed by atoms with Gasteiger partial charge in [0.1, 0.15) is 0 Å². The standard InChI is InChI=1S/C9H10ClN3O3/c1-16-7-3-6(10)2-5(8(7)14)4-12-13-9(11)15/h2-4,14H,1H3,(H3,11,13,15). The number of phenolic OH excluding ortho intramolecular Hbond substituents is 1. The van der Waals surface area contributed by atoms with Gasteiger partial charge in [-0.05, 0) is 6.07 Å². The molecule has 86 valence electrons. The van der Waals surface area contributed by atoms with E-state index in [0.717, 1.165) is 0 Å². The van der Waals surface area contributed by atoms with E-state index in [1.165, 1.54) is 25.5 Å². The van der Waals surface area contributed by atoms with Crippen molar-refractivity contribution in [2.75, 3.05) is 7.11 Å². The summed E-state index contributed by atoms with van der Waals surface area (Å²) in [6.07, 6.45) is 1.20. The number of benzene rings is 1. The van der Waals surface area contributed by atoms with Crippen LogP contribution in [0.25, 0.3) is 0 Å². The second kappa shape index (κ2) is 5.22. The summed E-state index contributed by atoms with van der Waals surface area (Å²) < 4.78 is 4.89. The van der Waals surface area contributed by atoms with Gasteiger partial charge in [0.25, 0.3) is 0 Å². The zero-order chi connectivity index (χ0) is 12.1. The van der Waals surface area contributed by atoms with Gasteiger partial charge < -0.3 is 15.6 Å². The molecule has 0 spiro atoms. The molecule has 0 bridgehead atoms. The van der Waals surface area contributed by atoms with Gasteiger partial charge in [0.2, 0.25) is 0 Å². The number of halogens is 1. The molecule has 2 amide bonds. The molecule has 16 heavy (non-hydrogen) atoms. The number of aromatic hydroxyl groups is 1. The summed E-state index contributed by atoms with van der Waals surface area (Å²) in [7, 11) is 1.40. The Morgan fingerprint density at radius 1 is 1.69 bits per heavy atom. The van der Waals surface area contributed by atoms with E-state index in [2.05, 4.69) is 5.10 Å². The van der Waals surface area contributed by atoms with E-state index in [1.807, 2.05) is 5.43 Å². The van der Waals surface area contributed by atoms with E-state index < -0.39 is 6.03 Å². The molecule has 0 atom stereocenters. The summed E-state index contributed by atoms with van der Waals surface area (Å²) in [5.41, 5.74) is 7.10. The highest BCUT2D eigenvalue weighted by Crippen LogP contribution is 2.32.